The van der Waals surface area contributed by atoms with Crippen molar-refractivity contribution in [1.29, 1.82) is 0 Å². The van der Waals surface area contributed by atoms with Crippen LogP contribution in [0.4, 0.5) is 11.4 Å². The lowest BCUT2D eigenvalue weighted by molar-refractivity contribution is -0.432. The van der Waals surface area contributed by atoms with Gasteiger partial charge in [-0.2, -0.15) is 42.6 Å². The fraction of sp³-hybridized carbons (Fsp3) is 0.382. The van der Waals surface area contributed by atoms with Crippen molar-refractivity contribution in [3.8, 4) is 0 Å². The summed E-state index contributed by atoms with van der Waals surface area (Å²) in [6.45, 7) is 3.53. The van der Waals surface area contributed by atoms with E-state index in [4.69, 9.17) is 5.26 Å². The first-order valence-electron chi connectivity index (χ1n) is 16.8. The van der Waals surface area contributed by atoms with Crippen LogP contribution in [-0.4, -0.2) is 97.8 Å². The summed E-state index contributed by atoms with van der Waals surface area (Å²) in [6, 6.07) is 9.23. The first kappa shape index (κ1) is 41.4. The minimum absolute atomic E-state index is 0.0868. The lowest BCUT2D eigenvalue weighted by Crippen LogP contribution is -2.30. The molecule has 4 aliphatic rings. The Balaban J connectivity index is 1.43. The number of nitrogens with zero attached hydrogens (tertiary/aromatic N) is 2. The quantitative estimate of drug-likeness (QED) is 0.0439. The van der Waals surface area contributed by atoms with Crippen molar-refractivity contribution in [2.75, 3.05) is 35.2 Å². The monoisotopic (exact) mass is 859 g/mol. The van der Waals surface area contributed by atoms with E-state index in [1.165, 1.54) is 30.4 Å². The number of hydrogen-bond acceptors (Lipinski definition) is 12. The Morgan fingerprint density at radius 3 is 2.20 bits per heavy atom. The fourth-order valence-corrected chi connectivity index (χ4v) is 10.6. The Kier molecular flexibility index (Phi) is 11.0. The number of anilines is 1. The van der Waals surface area contributed by atoms with Crippen LogP contribution in [0.1, 0.15) is 50.7 Å². The summed E-state index contributed by atoms with van der Waals surface area (Å²) >= 11 is 0.737. The van der Waals surface area contributed by atoms with Crippen LogP contribution in [0.5, 0.6) is 0 Å². The second kappa shape index (κ2) is 14.6. The third kappa shape index (κ3) is 8.56. The van der Waals surface area contributed by atoms with Gasteiger partial charge >= 0.3 is 0 Å². The van der Waals surface area contributed by atoms with Crippen molar-refractivity contribution in [2.24, 2.45) is 0 Å². The lowest BCUT2D eigenvalue weighted by atomic mass is 9.81. The normalized spacial score (nSPS) is 23.7. The van der Waals surface area contributed by atoms with Crippen LogP contribution >= 0.6 is 12.0 Å². The summed E-state index contributed by atoms with van der Waals surface area (Å²) in [5, 5.41) is 9.01. The zero-order valence-electron chi connectivity index (χ0n) is 29.5. The standard InChI is InChI=1S/C34H38N2O14S5/c1-33-13-11-23(31(33)35(15-17-52(38,39)40)29-9-7-25(51-50-37)19-27(29)33)5-3-22(21-54(44,45)46)4-6-24-12-14-34(2)28-20-26(55(47,48)49)8-10-30(28)36(32(24)34)16-18-53(41,42)43/h3-10,19-20H,11-18,21H2,1-2H3,(H4-,37,38,39,40,41,42,43,44,45,46,47,48,49)/p+1. The van der Waals surface area contributed by atoms with E-state index in [2.05, 4.69) is 4.33 Å². The maximum atomic E-state index is 12.2. The van der Waals surface area contributed by atoms with E-state index in [-0.39, 0.29) is 23.6 Å². The van der Waals surface area contributed by atoms with Gasteiger partial charge in [0.15, 0.2) is 12.3 Å². The van der Waals surface area contributed by atoms with E-state index in [1.807, 2.05) is 19.9 Å². The number of benzene rings is 2. The lowest BCUT2D eigenvalue weighted by Gasteiger charge is -2.26. The molecule has 298 valence electrons. The van der Waals surface area contributed by atoms with Crippen molar-refractivity contribution >= 4 is 69.6 Å². The van der Waals surface area contributed by atoms with E-state index >= 15 is 0 Å². The van der Waals surface area contributed by atoms with Crippen LogP contribution in [0, 0.1) is 0 Å². The zero-order chi connectivity index (χ0) is 40.4. The highest BCUT2D eigenvalue weighted by Gasteiger charge is 2.54. The largest absolute Gasteiger partial charge is 0.343 e. The van der Waals surface area contributed by atoms with E-state index < -0.39 is 68.6 Å². The Hall–Kier alpha value is -3.22. The minimum Gasteiger partial charge on any atom is -0.343 e. The predicted octanol–water partition coefficient (Wildman–Crippen LogP) is 4.48. The minimum atomic E-state index is -4.58. The van der Waals surface area contributed by atoms with Crippen molar-refractivity contribution in [3.05, 3.63) is 94.2 Å². The number of fused-ring (bicyclic) bond motifs is 6. The fourth-order valence-electron chi connectivity index (χ4n) is 8.28. The Bertz CT molecular complexity index is 2580. The van der Waals surface area contributed by atoms with Crippen molar-refractivity contribution in [2.45, 2.75) is 60.2 Å². The molecule has 2 atom stereocenters. The molecule has 5 N–H and O–H groups in total. The van der Waals surface area contributed by atoms with Gasteiger partial charge in [0, 0.05) is 45.4 Å². The Morgan fingerprint density at radius 2 is 1.56 bits per heavy atom. The first-order valence-corrected chi connectivity index (χ1v) is 23.8. The third-order valence-electron chi connectivity index (χ3n) is 10.6. The van der Waals surface area contributed by atoms with Gasteiger partial charge in [-0.3, -0.25) is 18.2 Å². The molecule has 2 aliphatic carbocycles. The molecule has 2 heterocycles. The number of hydrogen-bond donors (Lipinski definition) is 5. The van der Waals surface area contributed by atoms with Crippen LogP contribution in [0.15, 0.2) is 92.9 Å². The highest BCUT2D eigenvalue weighted by molar-refractivity contribution is 7.94. The molecule has 0 aromatic heterocycles. The van der Waals surface area contributed by atoms with Gasteiger partial charge in [-0.1, -0.05) is 24.3 Å². The molecule has 6 rings (SSSR count). The van der Waals surface area contributed by atoms with Gasteiger partial charge in [-0.25, -0.2) is 5.26 Å². The van der Waals surface area contributed by atoms with E-state index in [0.29, 0.717) is 58.8 Å². The summed E-state index contributed by atoms with van der Waals surface area (Å²) in [4.78, 5) is 1.90. The highest BCUT2D eigenvalue weighted by Crippen LogP contribution is 2.56. The van der Waals surface area contributed by atoms with Gasteiger partial charge in [0.25, 0.3) is 40.5 Å². The van der Waals surface area contributed by atoms with Crippen LogP contribution in [-0.2, 0) is 55.6 Å². The molecule has 2 unspecified atom stereocenters. The van der Waals surface area contributed by atoms with Crippen LogP contribution in [0.25, 0.3) is 0 Å². The molecular weight excluding hydrogens is 821 g/mol. The molecule has 0 bridgehead atoms. The van der Waals surface area contributed by atoms with E-state index in [1.54, 1.807) is 33.8 Å². The molecule has 21 heteroatoms. The van der Waals surface area contributed by atoms with E-state index in [9.17, 15) is 51.9 Å². The second-order valence-corrected chi connectivity index (χ2v) is 21.1. The maximum absolute atomic E-state index is 12.2. The van der Waals surface area contributed by atoms with Crippen LogP contribution in [0.2, 0.25) is 0 Å². The van der Waals surface area contributed by atoms with Crippen LogP contribution < -0.4 is 4.90 Å². The second-order valence-electron chi connectivity index (χ2n) is 14.2. The van der Waals surface area contributed by atoms with Gasteiger partial charge in [0.2, 0.25) is 5.69 Å². The summed E-state index contributed by atoms with van der Waals surface area (Å²) in [6.07, 6.45) is 8.30. The molecule has 0 spiro atoms. The smallest absolute Gasteiger partial charge is 0.294 e. The SMILES string of the molecule is CC12CCC(C=CC(=CC=C3CCC4(C)C3=[N+](CCS(=O)(=O)O)c3ccc(SOO)cc34)CS(=O)(=O)O)=C1N(CCS(=O)(=O)O)c1ccc(S(=O)(=O)O)cc12. The molecule has 0 radical (unpaired) electrons. The third-order valence-corrected chi connectivity index (χ3v) is 14.1. The summed E-state index contributed by atoms with van der Waals surface area (Å²) in [5.74, 6) is -2.00. The van der Waals surface area contributed by atoms with Crippen molar-refractivity contribution in [1.82, 2.24) is 0 Å². The molecule has 0 amide bonds. The molecule has 16 nitrogen and oxygen atoms in total. The molecule has 2 aliphatic heterocycles. The number of allylic oxidation sites excluding steroid dienone is 7. The van der Waals surface area contributed by atoms with Gasteiger partial charge in [-0.15, -0.1) is 0 Å². The molecule has 1 fully saturated rings. The highest BCUT2D eigenvalue weighted by atomic mass is 32.2. The molecule has 2 aromatic rings. The Morgan fingerprint density at radius 1 is 0.873 bits per heavy atom. The summed E-state index contributed by atoms with van der Waals surface area (Å²) in [7, 11) is -17.9. The zero-order valence-corrected chi connectivity index (χ0v) is 33.6. The average molecular weight is 860 g/mol. The van der Waals surface area contributed by atoms with Gasteiger partial charge in [0.05, 0.1) is 28.1 Å². The molecule has 0 saturated heterocycles. The molecule has 1 saturated carbocycles. The van der Waals surface area contributed by atoms with Crippen molar-refractivity contribution in [3.63, 3.8) is 0 Å². The topological polar surface area (TPSA) is 253 Å². The van der Waals surface area contributed by atoms with Gasteiger partial charge in [0.1, 0.15) is 11.5 Å². The number of rotatable bonds is 14. The summed E-state index contributed by atoms with van der Waals surface area (Å²) < 4.78 is 141. The van der Waals surface area contributed by atoms with Gasteiger partial charge < -0.3 is 4.90 Å². The summed E-state index contributed by atoms with van der Waals surface area (Å²) in [5.41, 5.74) is 3.95. The van der Waals surface area contributed by atoms with Gasteiger partial charge in [-0.05, 0) is 86.6 Å². The van der Waals surface area contributed by atoms with Crippen molar-refractivity contribution < 1.29 is 66.0 Å². The molecule has 2 aromatic carbocycles. The first-order chi connectivity index (χ1) is 25.4. The molecular formula is C34H39N2O14S5+. The van der Waals surface area contributed by atoms with Crippen LogP contribution in [0.3, 0.4) is 0 Å². The van der Waals surface area contributed by atoms with E-state index in [0.717, 1.165) is 28.9 Å². The predicted molar refractivity (Wildman–Crippen MR) is 204 cm³/mol. The maximum Gasteiger partial charge on any atom is 0.294 e. The Labute approximate surface area is 323 Å². The average Bonchev–Trinajstić information content (AvgIpc) is 3.72. The molecule has 55 heavy (non-hydrogen) atoms.